The van der Waals surface area contributed by atoms with Gasteiger partial charge >= 0.3 is 11.9 Å². The van der Waals surface area contributed by atoms with Crippen LogP contribution in [0.5, 0.6) is 0 Å². The van der Waals surface area contributed by atoms with E-state index < -0.39 is 11.9 Å². The number of rotatable bonds is 8. The number of aliphatic carboxylic acids is 2. The zero-order valence-corrected chi connectivity index (χ0v) is 15.7. The molecule has 8 heteroatoms. The predicted octanol–water partition coefficient (Wildman–Crippen LogP) is 2.65. The molecule has 0 aliphatic rings. The lowest BCUT2D eigenvalue weighted by molar-refractivity contribution is -0.137. The molecule has 0 atom stereocenters. The Morgan fingerprint density at radius 1 is 1.07 bits per heavy atom. The number of pyridine rings is 1. The van der Waals surface area contributed by atoms with Gasteiger partial charge in [-0.2, -0.15) is 4.99 Å². The minimum absolute atomic E-state index is 0.313. The summed E-state index contributed by atoms with van der Waals surface area (Å²) in [5.41, 5.74) is 4.54. The predicted molar refractivity (Wildman–Crippen MR) is 106 cm³/mol. The molecule has 0 fully saturated rings. The highest BCUT2D eigenvalue weighted by Gasteiger charge is 1.98. The largest absolute Gasteiger partial charge is 0.480 e. The zero-order valence-electron chi connectivity index (χ0n) is 14.9. The molecule has 0 bridgehead atoms. The summed E-state index contributed by atoms with van der Waals surface area (Å²) >= 11 is 4.57. The van der Waals surface area contributed by atoms with Gasteiger partial charge in [0.15, 0.2) is 0 Å². The summed E-state index contributed by atoms with van der Waals surface area (Å²) in [6.07, 6.45) is 3.91. The lowest BCUT2D eigenvalue weighted by Crippen LogP contribution is -2.27. The Hall–Kier alpha value is -2.93. The van der Waals surface area contributed by atoms with Gasteiger partial charge in [0, 0.05) is 11.9 Å². The molecule has 2 aromatic rings. The molecular weight excluding hydrogens is 366 g/mol. The molecule has 1 aromatic heterocycles. The smallest absolute Gasteiger partial charge is 0.317 e. The fourth-order valence-electron chi connectivity index (χ4n) is 2.11. The van der Waals surface area contributed by atoms with Crippen molar-refractivity contribution in [2.75, 3.05) is 13.1 Å². The van der Waals surface area contributed by atoms with Gasteiger partial charge in [-0.05, 0) is 67.4 Å². The average molecular weight is 387 g/mol. The lowest BCUT2D eigenvalue weighted by Gasteiger charge is -2.03. The summed E-state index contributed by atoms with van der Waals surface area (Å²) in [5, 5.41) is 20.5. The third-order valence-corrected chi connectivity index (χ3v) is 3.42. The second-order valence-electron chi connectivity index (χ2n) is 5.57. The minimum atomic E-state index is -1.06. The van der Waals surface area contributed by atoms with Crippen LogP contribution >= 0.6 is 12.2 Å². The van der Waals surface area contributed by atoms with Crippen molar-refractivity contribution in [3.05, 3.63) is 59.4 Å². The molecular formula is C19H21N3O4S. The van der Waals surface area contributed by atoms with Gasteiger partial charge in [0.2, 0.25) is 0 Å². The number of carboxylic acids is 2. The van der Waals surface area contributed by atoms with Crippen LogP contribution in [0.1, 0.15) is 16.8 Å². The summed E-state index contributed by atoms with van der Waals surface area (Å²) in [6, 6.07) is 12.3. The van der Waals surface area contributed by atoms with Crippen molar-refractivity contribution in [3.8, 4) is 0 Å². The maximum absolute atomic E-state index is 9.73. The number of nitrogens with one attached hydrogen (secondary N) is 1. The van der Waals surface area contributed by atoms with E-state index >= 15 is 0 Å². The van der Waals surface area contributed by atoms with Gasteiger partial charge in [0.1, 0.15) is 0 Å². The van der Waals surface area contributed by atoms with Crippen molar-refractivity contribution < 1.29 is 19.8 Å². The van der Waals surface area contributed by atoms with Gasteiger partial charge in [0.25, 0.3) is 0 Å². The molecule has 0 unspecified atom stereocenters. The van der Waals surface area contributed by atoms with Crippen molar-refractivity contribution in [1.29, 1.82) is 0 Å². The number of thiocarbonyl (C=S) groups is 1. The number of carbonyl (C=O) groups is 2. The number of carboxylic acid groups (broad SMARTS) is 2. The van der Waals surface area contributed by atoms with Gasteiger partial charge in [-0.1, -0.05) is 12.1 Å². The Labute approximate surface area is 162 Å². The van der Waals surface area contributed by atoms with Gasteiger partial charge in [-0.25, -0.2) is 0 Å². The van der Waals surface area contributed by atoms with Crippen LogP contribution in [0.25, 0.3) is 0 Å². The molecule has 142 valence electrons. The number of benzene rings is 1. The van der Waals surface area contributed by atoms with Gasteiger partial charge < -0.3 is 10.2 Å². The minimum Gasteiger partial charge on any atom is -0.480 e. The van der Waals surface area contributed by atoms with Gasteiger partial charge in [0.05, 0.1) is 23.9 Å². The summed E-state index contributed by atoms with van der Waals surface area (Å²) in [4.78, 5) is 27.6. The molecule has 0 radical (unpaired) electrons. The Kier molecular flexibility index (Phi) is 10.2. The molecule has 0 spiro atoms. The quantitative estimate of drug-likeness (QED) is 0.471. The van der Waals surface area contributed by atoms with Crippen LogP contribution in [0.4, 0.5) is 5.69 Å². The van der Waals surface area contributed by atoms with E-state index in [4.69, 9.17) is 10.2 Å². The monoisotopic (exact) mass is 387 g/mol. The van der Waals surface area contributed by atoms with E-state index in [2.05, 4.69) is 56.9 Å². The SMILES string of the molecule is Cc1cc(CCc2ccc(N=C=S)cc2)ccn1.O=C(O)CNCC(=O)O. The fourth-order valence-corrected chi connectivity index (χ4v) is 2.22. The summed E-state index contributed by atoms with van der Waals surface area (Å²) in [5.74, 6) is -2.12. The maximum Gasteiger partial charge on any atom is 0.317 e. The molecule has 27 heavy (non-hydrogen) atoms. The summed E-state index contributed by atoms with van der Waals surface area (Å²) in [6.45, 7) is 1.39. The van der Waals surface area contributed by atoms with Crippen LogP contribution in [0.2, 0.25) is 0 Å². The first-order chi connectivity index (χ1) is 12.9. The van der Waals surface area contributed by atoms with E-state index in [1.807, 2.05) is 25.3 Å². The number of nitrogens with zero attached hydrogens (tertiary/aromatic N) is 2. The second-order valence-corrected chi connectivity index (χ2v) is 5.75. The Morgan fingerprint density at radius 2 is 1.67 bits per heavy atom. The standard InChI is InChI=1S/C15H14N2S.C4H7NO4/c1-12-10-14(8-9-16-12)3-2-13-4-6-15(7-5-13)17-11-18;6-3(7)1-5-2-4(8)9/h4-10H,2-3H2,1H3;5H,1-2H2,(H,6,7)(H,8,9). The maximum atomic E-state index is 9.73. The Morgan fingerprint density at radius 3 is 2.19 bits per heavy atom. The molecule has 1 heterocycles. The van der Waals surface area contributed by atoms with E-state index in [0.29, 0.717) is 0 Å². The van der Waals surface area contributed by atoms with E-state index in [-0.39, 0.29) is 13.1 Å². The van der Waals surface area contributed by atoms with Crippen molar-refractivity contribution in [1.82, 2.24) is 10.3 Å². The normalized spacial score (nSPS) is 9.52. The lowest BCUT2D eigenvalue weighted by atomic mass is 10.0. The van der Waals surface area contributed by atoms with Crippen molar-refractivity contribution in [3.63, 3.8) is 0 Å². The number of aromatic nitrogens is 1. The van der Waals surface area contributed by atoms with Crippen LogP contribution in [0, 0.1) is 6.92 Å². The van der Waals surface area contributed by atoms with Crippen LogP contribution in [0.15, 0.2) is 47.6 Å². The molecule has 2 rings (SSSR count). The third kappa shape index (κ3) is 10.6. The zero-order chi connectivity index (χ0) is 20.1. The third-order valence-electron chi connectivity index (χ3n) is 3.33. The van der Waals surface area contributed by atoms with E-state index in [1.54, 1.807) is 0 Å². The highest BCUT2D eigenvalue weighted by Crippen LogP contribution is 2.14. The molecule has 0 saturated heterocycles. The molecule has 1 aromatic carbocycles. The van der Waals surface area contributed by atoms with Crippen molar-refractivity contribution in [2.24, 2.45) is 4.99 Å². The number of aryl methyl sites for hydroxylation is 3. The fraction of sp³-hybridized carbons (Fsp3) is 0.263. The summed E-state index contributed by atoms with van der Waals surface area (Å²) in [7, 11) is 0. The van der Waals surface area contributed by atoms with Crippen LogP contribution in [0.3, 0.4) is 0 Å². The van der Waals surface area contributed by atoms with E-state index in [1.165, 1.54) is 11.1 Å². The first kappa shape index (κ1) is 22.1. The molecule has 0 saturated carbocycles. The molecule has 0 amide bonds. The number of isothiocyanates is 1. The second kappa shape index (κ2) is 12.4. The first-order valence-electron chi connectivity index (χ1n) is 8.13. The highest BCUT2D eigenvalue weighted by molar-refractivity contribution is 7.78. The first-order valence-corrected chi connectivity index (χ1v) is 8.54. The Balaban J connectivity index is 0.000000345. The number of hydrogen-bond acceptors (Lipinski definition) is 6. The van der Waals surface area contributed by atoms with Crippen molar-refractivity contribution >= 4 is 35.0 Å². The van der Waals surface area contributed by atoms with Crippen LogP contribution in [-0.4, -0.2) is 45.4 Å². The number of aliphatic imine (C=N–C) groups is 1. The topological polar surface area (TPSA) is 112 Å². The molecule has 7 nitrogen and oxygen atoms in total. The highest BCUT2D eigenvalue weighted by atomic mass is 32.1. The summed E-state index contributed by atoms with van der Waals surface area (Å²) < 4.78 is 0. The number of hydrogen-bond donors (Lipinski definition) is 3. The van der Waals surface area contributed by atoms with Crippen LogP contribution in [-0.2, 0) is 22.4 Å². The van der Waals surface area contributed by atoms with E-state index in [0.717, 1.165) is 24.2 Å². The molecule has 0 aliphatic carbocycles. The van der Waals surface area contributed by atoms with Gasteiger partial charge in [-0.3, -0.25) is 19.9 Å². The Bertz CT molecular complexity index is 789. The molecule has 3 N–H and O–H groups in total. The van der Waals surface area contributed by atoms with E-state index in [9.17, 15) is 9.59 Å². The van der Waals surface area contributed by atoms with Gasteiger partial charge in [-0.15, -0.1) is 0 Å². The van der Waals surface area contributed by atoms with Crippen LogP contribution < -0.4 is 5.32 Å². The average Bonchev–Trinajstić information content (AvgIpc) is 2.61. The van der Waals surface area contributed by atoms with Crippen molar-refractivity contribution in [2.45, 2.75) is 19.8 Å². The molecule has 0 aliphatic heterocycles.